The number of rotatable bonds is 3. The van der Waals surface area contributed by atoms with Crippen LogP contribution in [0.5, 0.6) is 0 Å². The van der Waals surface area contributed by atoms with Crippen molar-refractivity contribution < 1.29 is 4.79 Å². The molecule has 0 saturated carbocycles. The molecule has 0 radical (unpaired) electrons. The molecule has 0 aromatic heterocycles. The zero-order valence-corrected chi connectivity index (χ0v) is 18.1. The van der Waals surface area contributed by atoms with Gasteiger partial charge in [0, 0.05) is 24.0 Å². The van der Waals surface area contributed by atoms with Gasteiger partial charge in [-0.15, -0.1) is 0 Å². The van der Waals surface area contributed by atoms with Gasteiger partial charge in [0.25, 0.3) is 5.91 Å². The molecule has 2 aromatic carbocycles. The summed E-state index contributed by atoms with van der Waals surface area (Å²) in [4.78, 5) is 15.0. The highest BCUT2D eigenvalue weighted by atomic mass is 16.1. The number of amides is 1. The molecule has 1 N–H and O–H groups in total. The van der Waals surface area contributed by atoms with E-state index in [1.165, 1.54) is 11.3 Å². The minimum Gasteiger partial charge on any atom is -0.369 e. The smallest absolute Gasteiger partial charge is 0.266 e. The number of fused-ring (bicyclic) bond motifs is 1. The van der Waals surface area contributed by atoms with Crippen LogP contribution >= 0.6 is 0 Å². The lowest BCUT2D eigenvalue weighted by Crippen LogP contribution is -2.45. The van der Waals surface area contributed by atoms with E-state index in [9.17, 15) is 10.1 Å². The second-order valence-corrected chi connectivity index (χ2v) is 8.80. The molecule has 0 bridgehead atoms. The second kappa shape index (κ2) is 7.75. The van der Waals surface area contributed by atoms with Crippen molar-refractivity contribution in [3.8, 4) is 6.07 Å². The van der Waals surface area contributed by atoms with Crippen molar-refractivity contribution in [1.82, 2.24) is 0 Å². The summed E-state index contributed by atoms with van der Waals surface area (Å²) in [5.41, 5.74) is 6.38. The average Bonchev–Trinajstić information content (AvgIpc) is 2.63. The average molecular weight is 388 g/mol. The summed E-state index contributed by atoms with van der Waals surface area (Å²) in [7, 11) is 2.12. The minimum atomic E-state index is -0.387. The summed E-state index contributed by atoms with van der Waals surface area (Å²) in [5, 5.41) is 12.4. The Bertz CT molecular complexity index is 1010. The summed E-state index contributed by atoms with van der Waals surface area (Å²) >= 11 is 0. The van der Waals surface area contributed by atoms with Crippen LogP contribution in [0.1, 0.15) is 55.4 Å². The fourth-order valence-corrected chi connectivity index (χ4v) is 4.25. The third-order valence-corrected chi connectivity index (χ3v) is 5.81. The lowest BCUT2D eigenvalue weighted by Gasteiger charge is -2.45. The highest BCUT2D eigenvalue weighted by Gasteiger charge is 2.33. The van der Waals surface area contributed by atoms with Crippen LogP contribution in [-0.4, -0.2) is 18.5 Å². The van der Waals surface area contributed by atoms with E-state index in [-0.39, 0.29) is 17.0 Å². The summed E-state index contributed by atoms with van der Waals surface area (Å²) in [6.45, 7) is 10.7. The monoisotopic (exact) mass is 387 g/mol. The van der Waals surface area contributed by atoms with E-state index < -0.39 is 0 Å². The van der Waals surface area contributed by atoms with Crippen molar-refractivity contribution in [2.45, 2.75) is 52.5 Å². The van der Waals surface area contributed by atoms with Crippen LogP contribution in [0.2, 0.25) is 0 Å². The predicted octanol–water partition coefficient (Wildman–Crippen LogP) is 5.57. The predicted molar refractivity (Wildman–Crippen MR) is 120 cm³/mol. The lowest BCUT2D eigenvalue weighted by atomic mass is 9.80. The molecule has 4 nitrogen and oxygen atoms in total. The first kappa shape index (κ1) is 20.7. The van der Waals surface area contributed by atoms with Crippen molar-refractivity contribution >= 4 is 23.4 Å². The topological polar surface area (TPSA) is 56.1 Å². The third kappa shape index (κ3) is 4.35. The molecule has 0 unspecified atom stereocenters. The van der Waals surface area contributed by atoms with E-state index in [1.54, 1.807) is 6.08 Å². The number of benzene rings is 2. The van der Waals surface area contributed by atoms with Crippen molar-refractivity contribution in [2.75, 3.05) is 17.3 Å². The van der Waals surface area contributed by atoms with Crippen LogP contribution < -0.4 is 10.2 Å². The van der Waals surface area contributed by atoms with Crippen LogP contribution in [-0.2, 0) is 4.79 Å². The largest absolute Gasteiger partial charge is 0.369 e. The first-order valence-corrected chi connectivity index (χ1v) is 10.00. The fourth-order valence-electron chi connectivity index (χ4n) is 4.25. The van der Waals surface area contributed by atoms with E-state index >= 15 is 0 Å². The number of aryl methyl sites for hydroxylation is 2. The van der Waals surface area contributed by atoms with Crippen LogP contribution in [0.4, 0.5) is 11.4 Å². The molecular formula is C25H29N3O. The fraction of sp³-hybridized carbons (Fsp3) is 0.360. The first-order valence-electron chi connectivity index (χ1n) is 10.00. The number of hydrogen-bond donors (Lipinski definition) is 1. The summed E-state index contributed by atoms with van der Waals surface area (Å²) < 4.78 is 0. The molecular weight excluding hydrogens is 358 g/mol. The van der Waals surface area contributed by atoms with Crippen LogP contribution in [0, 0.1) is 25.2 Å². The van der Waals surface area contributed by atoms with Crippen molar-refractivity contribution in [3.63, 3.8) is 0 Å². The van der Waals surface area contributed by atoms with E-state index in [4.69, 9.17) is 0 Å². The van der Waals surface area contributed by atoms with Gasteiger partial charge in [0.2, 0.25) is 0 Å². The lowest BCUT2D eigenvalue weighted by molar-refractivity contribution is -0.112. The van der Waals surface area contributed by atoms with Crippen molar-refractivity contribution in [3.05, 3.63) is 64.2 Å². The summed E-state index contributed by atoms with van der Waals surface area (Å²) in [6.07, 6.45) is 2.73. The Morgan fingerprint density at radius 2 is 1.86 bits per heavy atom. The standard InChI is InChI=1S/C25H29N3O/c1-16-9-17(2)11-21(10-16)27-24(29)20(15-26)12-19-7-8-23-22(13-19)18(3)14-25(4,5)28(23)6/h7-13,18H,14H2,1-6H3,(H,27,29)/b20-12-/t18-/m1/s1. The molecule has 0 fully saturated rings. The van der Waals surface area contributed by atoms with Gasteiger partial charge in [-0.2, -0.15) is 5.26 Å². The normalized spacial score (nSPS) is 18.0. The Balaban J connectivity index is 1.89. The first-order chi connectivity index (χ1) is 13.6. The maximum absolute atomic E-state index is 12.7. The molecule has 1 atom stereocenters. The van der Waals surface area contributed by atoms with Gasteiger partial charge in [-0.05, 0) is 92.6 Å². The number of nitriles is 1. The molecule has 1 heterocycles. The van der Waals surface area contributed by atoms with Crippen molar-refractivity contribution in [2.24, 2.45) is 0 Å². The Labute approximate surface area is 173 Å². The zero-order chi connectivity index (χ0) is 21.3. The minimum absolute atomic E-state index is 0.0984. The second-order valence-electron chi connectivity index (χ2n) is 8.80. The van der Waals surface area contributed by atoms with Gasteiger partial charge in [0.15, 0.2) is 0 Å². The number of carbonyl (C=O) groups is 1. The maximum Gasteiger partial charge on any atom is 0.266 e. The molecule has 29 heavy (non-hydrogen) atoms. The molecule has 0 spiro atoms. The molecule has 0 saturated heterocycles. The summed E-state index contributed by atoms with van der Waals surface area (Å²) in [5.74, 6) is 0.0284. The van der Waals surface area contributed by atoms with Crippen LogP contribution in [0.25, 0.3) is 6.08 Å². The molecule has 1 aliphatic heterocycles. The van der Waals surface area contributed by atoms with E-state index in [1.807, 2.05) is 38.1 Å². The van der Waals surface area contributed by atoms with Gasteiger partial charge >= 0.3 is 0 Å². The van der Waals surface area contributed by atoms with E-state index in [0.717, 1.165) is 23.1 Å². The van der Waals surface area contributed by atoms with Crippen LogP contribution in [0.15, 0.2) is 42.0 Å². The number of hydrogen-bond acceptors (Lipinski definition) is 3. The van der Waals surface area contributed by atoms with Gasteiger partial charge in [-0.3, -0.25) is 4.79 Å². The molecule has 1 amide bonds. The number of nitrogens with zero attached hydrogens (tertiary/aromatic N) is 2. The number of nitrogens with one attached hydrogen (secondary N) is 1. The van der Waals surface area contributed by atoms with Gasteiger partial charge in [-0.25, -0.2) is 0 Å². The summed E-state index contributed by atoms with van der Waals surface area (Å²) in [6, 6.07) is 14.1. The van der Waals surface area contributed by atoms with Gasteiger partial charge in [0.05, 0.1) is 0 Å². The van der Waals surface area contributed by atoms with Crippen molar-refractivity contribution in [1.29, 1.82) is 5.26 Å². The highest BCUT2D eigenvalue weighted by molar-refractivity contribution is 6.09. The van der Waals surface area contributed by atoms with Gasteiger partial charge in [-0.1, -0.05) is 19.1 Å². The number of carbonyl (C=O) groups excluding carboxylic acids is 1. The Morgan fingerprint density at radius 3 is 2.48 bits per heavy atom. The molecule has 0 aliphatic carbocycles. The molecule has 1 aliphatic rings. The quantitative estimate of drug-likeness (QED) is 0.553. The van der Waals surface area contributed by atoms with Crippen LogP contribution in [0.3, 0.4) is 0 Å². The molecule has 2 aromatic rings. The molecule has 4 heteroatoms. The maximum atomic E-state index is 12.7. The SMILES string of the molecule is Cc1cc(C)cc(NC(=O)/C(C#N)=C\c2ccc3c(c2)[C@H](C)CC(C)(C)N3C)c1. The zero-order valence-electron chi connectivity index (χ0n) is 18.1. The Kier molecular flexibility index (Phi) is 5.53. The van der Waals surface area contributed by atoms with Gasteiger partial charge < -0.3 is 10.2 Å². The Hall–Kier alpha value is -3.06. The molecule has 150 valence electrons. The highest BCUT2D eigenvalue weighted by Crippen LogP contribution is 2.42. The Morgan fingerprint density at radius 1 is 1.21 bits per heavy atom. The van der Waals surface area contributed by atoms with Gasteiger partial charge in [0.1, 0.15) is 11.6 Å². The van der Waals surface area contributed by atoms with E-state index in [2.05, 4.69) is 56.2 Å². The molecule has 3 rings (SSSR count). The van der Waals surface area contributed by atoms with E-state index in [0.29, 0.717) is 11.6 Å². The third-order valence-electron chi connectivity index (χ3n) is 5.81. The number of anilines is 2.